The molecule has 8 nitrogen and oxygen atoms in total. The predicted octanol–water partition coefficient (Wildman–Crippen LogP) is 0.941. The van der Waals surface area contributed by atoms with Crippen molar-refractivity contribution in [2.45, 2.75) is 25.9 Å². The highest BCUT2D eigenvalue weighted by Crippen LogP contribution is 2.30. The zero-order chi connectivity index (χ0) is 17.8. The molecule has 1 saturated heterocycles. The van der Waals surface area contributed by atoms with Crippen LogP contribution in [-0.2, 0) is 16.1 Å². The summed E-state index contributed by atoms with van der Waals surface area (Å²) in [6, 6.07) is 7.33. The maximum absolute atomic E-state index is 12.6. The number of aromatic nitrogens is 3. The summed E-state index contributed by atoms with van der Waals surface area (Å²) >= 11 is 0. The quantitative estimate of drug-likeness (QED) is 0.807. The minimum absolute atomic E-state index is 0.0592. The molecule has 0 spiro atoms. The van der Waals surface area contributed by atoms with Gasteiger partial charge in [0.1, 0.15) is 24.9 Å². The largest absolute Gasteiger partial charge is 0.495 e. The standard InChI is InChI=1S/C17H21N5O3/c1-13-9-22(14-5-3-4-6-15(14)25-2)17(24)10-21(13)16(23)7-8-20-12-18-11-19-20/h3-6,11-13H,7-10H2,1-2H3. The van der Waals surface area contributed by atoms with Gasteiger partial charge < -0.3 is 14.5 Å². The van der Waals surface area contributed by atoms with Crippen molar-refractivity contribution in [3.8, 4) is 5.75 Å². The van der Waals surface area contributed by atoms with Gasteiger partial charge in [-0.05, 0) is 19.1 Å². The molecule has 1 unspecified atom stereocenters. The molecule has 1 atom stereocenters. The molecule has 0 aliphatic carbocycles. The first kappa shape index (κ1) is 16.9. The maximum atomic E-state index is 12.6. The van der Waals surface area contributed by atoms with E-state index in [1.807, 2.05) is 31.2 Å². The Balaban J connectivity index is 1.67. The fraction of sp³-hybridized carbons (Fsp3) is 0.412. The second-order valence-corrected chi connectivity index (χ2v) is 5.96. The Labute approximate surface area is 146 Å². The number of anilines is 1. The van der Waals surface area contributed by atoms with Crippen LogP contribution in [-0.4, -0.2) is 57.7 Å². The van der Waals surface area contributed by atoms with E-state index >= 15 is 0 Å². The summed E-state index contributed by atoms with van der Waals surface area (Å²) in [6.45, 7) is 2.90. The Bertz CT molecular complexity index is 747. The van der Waals surface area contributed by atoms with Crippen LogP contribution in [0.15, 0.2) is 36.9 Å². The van der Waals surface area contributed by atoms with E-state index in [2.05, 4.69) is 10.1 Å². The number of rotatable bonds is 5. The number of amides is 2. The van der Waals surface area contributed by atoms with Crippen molar-refractivity contribution in [2.75, 3.05) is 25.1 Å². The van der Waals surface area contributed by atoms with Gasteiger partial charge in [-0.25, -0.2) is 4.98 Å². The fourth-order valence-corrected chi connectivity index (χ4v) is 2.97. The molecular weight excluding hydrogens is 322 g/mol. The Morgan fingerprint density at radius 1 is 1.36 bits per heavy atom. The van der Waals surface area contributed by atoms with Crippen LogP contribution in [0.5, 0.6) is 5.75 Å². The molecule has 1 aromatic carbocycles. The summed E-state index contributed by atoms with van der Waals surface area (Å²) in [7, 11) is 1.58. The van der Waals surface area contributed by atoms with Crippen LogP contribution in [0.4, 0.5) is 5.69 Å². The first-order valence-corrected chi connectivity index (χ1v) is 8.15. The predicted molar refractivity (Wildman–Crippen MR) is 91.2 cm³/mol. The van der Waals surface area contributed by atoms with Crippen LogP contribution < -0.4 is 9.64 Å². The summed E-state index contributed by atoms with van der Waals surface area (Å²) < 4.78 is 6.95. The second-order valence-electron chi connectivity index (χ2n) is 5.96. The van der Waals surface area contributed by atoms with Gasteiger partial charge in [0.15, 0.2) is 0 Å². The third kappa shape index (κ3) is 3.62. The zero-order valence-corrected chi connectivity index (χ0v) is 14.3. The number of carbonyl (C=O) groups excluding carboxylic acids is 2. The molecule has 2 amide bonds. The molecule has 0 radical (unpaired) electrons. The Kier molecular flexibility index (Phi) is 4.97. The molecular formula is C17H21N5O3. The van der Waals surface area contributed by atoms with Crippen molar-refractivity contribution in [3.63, 3.8) is 0 Å². The number of aryl methyl sites for hydroxylation is 1. The number of carbonyl (C=O) groups is 2. The average Bonchev–Trinajstić information content (AvgIpc) is 3.15. The number of para-hydroxylation sites is 2. The summed E-state index contributed by atoms with van der Waals surface area (Å²) in [6.07, 6.45) is 3.29. The molecule has 25 heavy (non-hydrogen) atoms. The normalized spacial score (nSPS) is 17.7. The molecule has 132 valence electrons. The average molecular weight is 343 g/mol. The molecule has 3 rings (SSSR count). The van der Waals surface area contributed by atoms with Crippen LogP contribution in [0, 0.1) is 0 Å². The summed E-state index contributed by atoms with van der Waals surface area (Å²) in [5.74, 6) is 0.474. The van der Waals surface area contributed by atoms with E-state index < -0.39 is 0 Å². The van der Waals surface area contributed by atoms with Crippen LogP contribution in [0.3, 0.4) is 0 Å². The molecule has 1 fully saturated rings. The van der Waals surface area contributed by atoms with Crippen LogP contribution in [0.25, 0.3) is 0 Å². The van der Waals surface area contributed by atoms with Gasteiger partial charge in [-0.3, -0.25) is 14.3 Å². The van der Waals surface area contributed by atoms with E-state index in [9.17, 15) is 9.59 Å². The van der Waals surface area contributed by atoms with E-state index in [4.69, 9.17) is 4.74 Å². The minimum atomic E-state index is -0.114. The van der Waals surface area contributed by atoms with Gasteiger partial charge in [0.2, 0.25) is 11.8 Å². The number of ether oxygens (including phenoxy) is 1. The minimum Gasteiger partial charge on any atom is -0.495 e. The summed E-state index contributed by atoms with van der Waals surface area (Å²) in [5, 5.41) is 3.98. The van der Waals surface area contributed by atoms with Crippen molar-refractivity contribution >= 4 is 17.5 Å². The van der Waals surface area contributed by atoms with Gasteiger partial charge in [0.25, 0.3) is 0 Å². The van der Waals surface area contributed by atoms with Gasteiger partial charge in [-0.2, -0.15) is 5.10 Å². The van der Waals surface area contributed by atoms with E-state index in [1.165, 1.54) is 6.33 Å². The number of nitrogens with zero attached hydrogens (tertiary/aromatic N) is 5. The lowest BCUT2D eigenvalue weighted by Gasteiger charge is -2.39. The first-order chi connectivity index (χ1) is 12.1. The SMILES string of the molecule is COc1ccccc1N1CC(C)N(C(=O)CCn2cncn2)CC1=O. The van der Waals surface area contributed by atoms with Crippen molar-refractivity contribution in [1.29, 1.82) is 0 Å². The van der Waals surface area contributed by atoms with Crippen LogP contribution >= 0.6 is 0 Å². The molecule has 8 heteroatoms. The molecule has 0 saturated carbocycles. The Morgan fingerprint density at radius 2 is 2.16 bits per heavy atom. The number of piperazine rings is 1. The van der Waals surface area contributed by atoms with E-state index in [0.717, 1.165) is 5.69 Å². The first-order valence-electron chi connectivity index (χ1n) is 8.15. The van der Waals surface area contributed by atoms with Crippen molar-refractivity contribution in [2.24, 2.45) is 0 Å². The lowest BCUT2D eigenvalue weighted by atomic mass is 10.1. The van der Waals surface area contributed by atoms with Gasteiger partial charge in [-0.15, -0.1) is 0 Å². The van der Waals surface area contributed by atoms with E-state index in [0.29, 0.717) is 18.8 Å². The summed E-state index contributed by atoms with van der Waals surface area (Å²) in [5.41, 5.74) is 0.733. The van der Waals surface area contributed by atoms with Crippen molar-refractivity contribution in [3.05, 3.63) is 36.9 Å². The third-order valence-corrected chi connectivity index (χ3v) is 4.30. The molecule has 0 bridgehead atoms. The lowest BCUT2D eigenvalue weighted by Crippen LogP contribution is -2.57. The van der Waals surface area contributed by atoms with Gasteiger partial charge in [-0.1, -0.05) is 12.1 Å². The van der Waals surface area contributed by atoms with Gasteiger partial charge >= 0.3 is 0 Å². The lowest BCUT2D eigenvalue weighted by molar-refractivity contribution is -0.139. The monoisotopic (exact) mass is 343 g/mol. The highest BCUT2D eigenvalue weighted by atomic mass is 16.5. The molecule has 2 aromatic rings. The molecule has 1 aliphatic rings. The van der Waals surface area contributed by atoms with Crippen LogP contribution in [0.2, 0.25) is 0 Å². The zero-order valence-electron chi connectivity index (χ0n) is 14.3. The Hall–Kier alpha value is -2.90. The molecule has 1 aliphatic heterocycles. The topological polar surface area (TPSA) is 80.6 Å². The van der Waals surface area contributed by atoms with Crippen molar-refractivity contribution < 1.29 is 14.3 Å². The molecule has 0 N–H and O–H groups in total. The van der Waals surface area contributed by atoms with Crippen molar-refractivity contribution in [1.82, 2.24) is 19.7 Å². The number of methoxy groups -OCH3 is 1. The van der Waals surface area contributed by atoms with E-state index in [-0.39, 0.29) is 30.8 Å². The smallest absolute Gasteiger partial charge is 0.246 e. The number of hydrogen-bond donors (Lipinski definition) is 0. The Morgan fingerprint density at radius 3 is 2.88 bits per heavy atom. The number of hydrogen-bond acceptors (Lipinski definition) is 5. The van der Waals surface area contributed by atoms with Gasteiger partial charge in [0.05, 0.1) is 19.3 Å². The fourth-order valence-electron chi connectivity index (χ4n) is 2.97. The second kappa shape index (κ2) is 7.33. The highest BCUT2D eigenvalue weighted by molar-refractivity contribution is 5.99. The molecule has 2 heterocycles. The van der Waals surface area contributed by atoms with Crippen LogP contribution in [0.1, 0.15) is 13.3 Å². The highest BCUT2D eigenvalue weighted by Gasteiger charge is 2.33. The molecule has 1 aromatic heterocycles. The number of benzene rings is 1. The van der Waals surface area contributed by atoms with E-state index in [1.54, 1.807) is 27.9 Å². The van der Waals surface area contributed by atoms with Gasteiger partial charge in [0, 0.05) is 19.0 Å². The third-order valence-electron chi connectivity index (χ3n) is 4.30. The maximum Gasteiger partial charge on any atom is 0.246 e. The summed E-state index contributed by atoms with van der Waals surface area (Å²) in [4.78, 5) is 32.3.